The first kappa shape index (κ1) is 15.8. The van der Waals surface area contributed by atoms with E-state index in [0.717, 1.165) is 39.0 Å². The van der Waals surface area contributed by atoms with E-state index < -0.39 is 0 Å². The molecule has 1 heterocycles. The first-order chi connectivity index (χ1) is 9.71. The smallest absolute Gasteiger partial charge is 0.106 e. The fourth-order valence-corrected chi connectivity index (χ4v) is 3.23. The highest BCUT2D eigenvalue weighted by Crippen LogP contribution is 2.27. The van der Waals surface area contributed by atoms with Gasteiger partial charge in [0.25, 0.3) is 0 Å². The summed E-state index contributed by atoms with van der Waals surface area (Å²) in [5.41, 5.74) is -0.285. The molecule has 0 aromatic rings. The molecular formula is C16H29N3O. The van der Waals surface area contributed by atoms with E-state index in [1.165, 1.54) is 25.8 Å². The molecule has 114 valence electrons. The van der Waals surface area contributed by atoms with E-state index in [4.69, 9.17) is 4.74 Å². The summed E-state index contributed by atoms with van der Waals surface area (Å²) < 4.78 is 5.24. The molecule has 4 nitrogen and oxygen atoms in total. The van der Waals surface area contributed by atoms with Crippen LogP contribution in [0.15, 0.2) is 0 Å². The van der Waals surface area contributed by atoms with Crippen LogP contribution in [0.5, 0.6) is 0 Å². The lowest BCUT2D eigenvalue weighted by molar-refractivity contribution is 0.152. The Bertz CT molecular complexity index is 337. The molecule has 2 unspecified atom stereocenters. The topological polar surface area (TPSA) is 48.3 Å². The van der Waals surface area contributed by atoms with E-state index in [-0.39, 0.29) is 5.54 Å². The van der Waals surface area contributed by atoms with Crippen LogP contribution in [0.2, 0.25) is 0 Å². The van der Waals surface area contributed by atoms with Gasteiger partial charge in [-0.05, 0) is 57.5 Å². The highest BCUT2D eigenvalue weighted by molar-refractivity contribution is 5.09. The van der Waals surface area contributed by atoms with Gasteiger partial charge in [-0.2, -0.15) is 5.26 Å². The molecule has 1 aliphatic heterocycles. The van der Waals surface area contributed by atoms with E-state index in [2.05, 4.69) is 23.2 Å². The first-order valence-electron chi connectivity index (χ1n) is 8.11. The van der Waals surface area contributed by atoms with Gasteiger partial charge >= 0.3 is 0 Å². The molecule has 2 aliphatic rings. The number of ether oxygens (including phenoxy) is 1. The van der Waals surface area contributed by atoms with Gasteiger partial charge < -0.3 is 9.64 Å². The molecule has 2 fully saturated rings. The molecular weight excluding hydrogens is 250 g/mol. The van der Waals surface area contributed by atoms with E-state index in [1.54, 1.807) is 7.11 Å². The molecule has 2 rings (SSSR count). The summed E-state index contributed by atoms with van der Waals surface area (Å²) in [4.78, 5) is 2.53. The lowest BCUT2D eigenvalue weighted by Crippen LogP contribution is -2.45. The van der Waals surface area contributed by atoms with Crippen molar-refractivity contribution in [3.63, 3.8) is 0 Å². The second-order valence-electron chi connectivity index (χ2n) is 6.48. The summed E-state index contributed by atoms with van der Waals surface area (Å²) in [5.74, 6) is 0.705. The average molecular weight is 279 g/mol. The van der Waals surface area contributed by atoms with Crippen LogP contribution in [0.25, 0.3) is 0 Å². The number of rotatable bonds is 9. The summed E-state index contributed by atoms with van der Waals surface area (Å²) >= 11 is 0. The molecule has 1 saturated heterocycles. The maximum Gasteiger partial charge on any atom is 0.106 e. The zero-order valence-corrected chi connectivity index (χ0v) is 13.0. The van der Waals surface area contributed by atoms with E-state index in [0.29, 0.717) is 12.0 Å². The monoisotopic (exact) mass is 279 g/mol. The lowest BCUT2D eigenvalue weighted by Gasteiger charge is -2.27. The largest absolute Gasteiger partial charge is 0.384 e. The first-order valence-corrected chi connectivity index (χ1v) is 8.11. The third kappa shape index (κ3) is 4.44. The van der Waals surface area contributed by atoms with Gasteiger partial charge in [0.15, 0.2) is 0 Å². The predicted molar refractivity (Wildman–Crippen MR) is 80.4 cm³/mol. The summed E-state index contributed by atoms with van der Waals surface area (Å²) in [5, 5.41) is 13.1. The Morgan fingerprint density at radius 1 is 1.40 bits per heavy atom. The molecule has 0 bridgehead atoms. The molecule has 1 N–H and O–H groups in total. The quantitative estimate of drug-likeness (QED) is 0.702. The van der Waals surface area contributed by atoms with E-state index in [1.807, 2.05) is 0 Å². The number of nitriles is 1. The number of nitrogens with one attached hydrogen (secondary N) is 1. The van der Waals surface area contributed by atoms with Gasteiger partial charge in [-0.15, -0.1) is 0 Å². The van der Waals surface area contributed by atoms with Crippen LogP contribution < -0.4 is 5.32 Å². The van der Waals surface area contributed by atoms with Crippen molar-refractivity contribution < 1.29 is 4.74 Å². The molecule has 0 radical (unpaired) electrons. The predicted octanol–water partition coefficient (Wildman–Crippen LogP) is 2.16. The maximum atomic E-state index is 9.51. The lowest BCUT2D eigenvalue weighted by atomic mass is 9.91. The molecule has 4 heteroatoms. The highest BCUT2D eigenvalue weighted by atomic mass is 16.5. The van der Waals surface area contributed by atoms with E-state index >= 15 is 0 Å². The molecule has 2 atom stereocenters. The van der Waals surface area contributed by atoms with Crippen molar-refractivity contribution in [2.24, 2.45) is 5.92 Å². The summed E-state index contributed by atoms with van der Waals surface area (Å²) in [6.45, 7) is 6.49. The van der Waals surface area contributed by atoms with Gasteiger partial charge in [-0.3, -0.25) is 5.32 Å². The fourth-order valence-electron chi connectivity index (χ4n) is 3.23. The van der Waals surface area contributed by atoms with Gasteiger partial charge in [-0.25, -0.2) is 0 Å². The Labute approximate surface area is 123 Å². The van der Waals surface area contributed by atoms with Crippen molar-refractivity contribution in [3.05, 3.63) is 0 Å². The Hall–Kier alpha value is -0.630. The number of nitrogens with zero attached hydrogens (tertiary/aromatic N) is 2. The summed E-state index contributed by atoms with van der Waals surface area (Å²) in [7, 11) is 1.79. The Morgan fingerprint density at radius 3 is 2.80 bits per heavy atom. The van der Waals surface area contributed by atoms with Crippen LogP contribution in [0.4, 0.5) is 0 Å². The molecule has 0 amide bonds. The summed E-state index contributed by atoms with van der Waals surface area (Å²) in [6, 6.07) is 3.15. The number of hydrogen-bond acceptors (Lipinski definition) is 4. The molecule has 0 aromatic carbocycles. The minimum atomic E-state index is -0.285. The average Bonchev–Trinajstić information content (AvgIpc) is 3.16. The van der Waals surface area contributed by atoms with Crippen LogP contribution in [-0.4, -0.2) is 49.8 Å². The van der Waals surface area contributed by atoms with Gasteiger partial charge in [0, 0.05) is 19.7 Å². The van der Waals surface area contributed by atoms with Crippen molar-refractivity contribution in [3.8, 4) is 6.07 Å². The highest BCUT2D eigenvalue weighted by Gasteiger charge is 2.34. The van der Waals surface area contributed by atoms with Crippen molar-refractivity contribution in [2.75, 3.05) is 33.4 Å². The normalized spacial score (nSPS) is 26.4. The molecule has 0 spiro atoms. The number of likely N-dealkylation sites (tertiary alicyclic amines) is 1. The van der Waals surface area contributed by atoms with Crippen LogP contribution in [-0.2, 0) is 4.74 Å². The minimum absolute atomic E-state index is 0.285. The molecule has 0 aromatic heterocycles. The van der Waals surface area contributed by atoms with Crippen LogP contribution >= 0.6 is 0 Å². The molecule has 1 saturated carbocycles. The van der Waals surface area contributed by atoms with Gasteiger partial charge in [-0.1, -0.05) is 6.92 Å². The zero-order chi connectivity index (χ0) is 14.4. The Morgan fingerprint density at radius 2 is 2.20 bits per heavy atom. The third-order valence-electron chi connectivity index (χ3n) is 4.73. The SMILES string of the molecule is CCC(C#N)(CCCN1CCC(COC)C1)NC1CC1. The van der Waals surface area contributed by atoms with Crippen molar-refractivity contribution in [1.82, 2.24) is 10.2 Å². The fraction of sp³-hybridized carbons (Fsp3) is 0.938. The van der Waals surface area contributed by atoms with Crippen molar-refractivity contribution in [1.29, 1.82) is 5.26 Å². The summed E-state index contributed by atoms with van der Waals surface area (Å²) in [6.07, 6.45) is 6.74. The Kier molecular flexibility index (Phi) is 5.83. The second kappa shape index (κ2) is 7.40. The van der Waals surface area contributed by atoms with Gasteiger partial charge in [0.05, 0.1) is 12.7 Å². The zero-order valence-electron chi connectivity index (χ0n) is 13.0. The minimum Gasteiger partial charge on any atom is -0.384 e. The van der Waals surface area contributed by atoms with Gasteiger partial charge in [0.1, 0.15) is 5.54 Å². The maximum absolute atomic E-state index is 9.51. The van der Waals surface area contributed by atoms with Gasteiger partial charge in [0.2, 0.25) is 0 Å². The Balaban J connectivity index is 1.69. The third-order valence-corrected chi connectivity index (χ3v) is 4.73. The van der Waals surface area contributed by atoms with Crippen LogP contribution in [0, 0.1) is 17.2 Å². The van der Waals surface area contributed by atoms with Crippen LogP contribution in [0.1, 0.15) is 45.4 Å². The number of hydrogen-bond donors (Lipinski definition) is 1. The number of methoxy groups -OCH3 is 1. The second-order valence-corrected chi connectivity index (χ2v) is 6.48. The van der Waals surface area contributed by atoms with Crippen LogP contribution in [0.3, 0.4) is 0 Å². The van der Waals surface area contributed by atoms with Crippen molar-refractivity contribution >= 4 is 0 Å². The molecule has 20 heavy (non-hydrogen) atoms. The van der Waals surface area contributed by atoms with Crippen molar-refractivity contribution in [2.45, 2.75) is 57.0 Å². The molecule has 1 aliphatic carbocycles. The van der Waals surface area contributed by atoms with E-state index in [9.17, 15) is 5.26 Å². The standard InChI is InChI=1S/C16H29N3O/c1-3-16(13-17,18-15-5-6-15)8-4-9-19-10-7-14(11-19)12-20-2/h14-15,18H,3-12H2,1-2H3.